The fourth-order valence-corrected chi connectivity index (χ4v) is 2.66. The summed E-state index contributed by atoms with van der Waals surface area (Å²) in [5, 5.41) is 25.9. The molecule has 0 aromatic heterocycles. The molecule has 19 heavy (non-hydrogen) atoms. The van der Waals surface area contributed by atoms with Crippen LogP contribution in [0.2, 0.25) is 0 Å². The molecule has 4 nitrogen and oxygen atoms in total. The van der Waals surface area contributed by atoms with E-state index in [1.165, 1.54) is 0 Å². The van der Waals surface area contributed by atoms with E-state index in [9.17, 15) is 10.2 Å². The Kier molecular flexibility index (Phi) is 3.08. The summed E-state index contributed by atoms with van der Waals surface area (Å²) in [5.41, 5.74) is 0.956. The zero-order valence-corrected chi connectivity index (χ0v) is 10.3. The van der Waals surface area contributed by atoms with Crippen molar-refractivity contribution in [1.29, 1.82) is 0 Å². The fourth-order valence-electron chi connectivity index (χ4n) is 2.66. The minimum Gasteiger partial charge on any atom is -0.376 e. The number of nitrogens with one attached hydrogen (secondary N) is 2. The number of hydrogen-bond donors (Lipinski definition) is 4. The van der Waals surface area contributed by atoms with Crippen molar-refractivity contribution in [3.8, 4) is 0 Å². The smallest absolute Gasteiger partial charge is 0.163 e. The highest BCUT2D eigenvalue weighted by molar-refractivity contribution is 5.41. The second kappa shape index (κ2) is 4.75. The van der Waals surface area contributed by atoms with Gasteiger partial charge in [-0.3, -0.25) is 10.6 Å². The number of benzene rings is 2. The summed E-state index contributed by atoms with van der Waals surface area (Å²) >= 11 is 0. The summed E-state index contributed by atoms with van der Waals surface area (Å²) in [4.78, 5) is 0. The molecule has 2 aromatic rings. The van der Waals surface area contributed by atoms with Crippen LogP contribution in [0.1, 0.15) is 11.1 Å². The molecule has 0 amide bonds. The van der Waals surface area contributed by atoms with Crippen LogP contribution >= 0.6 is 0 Å². The molecule has 1 saturated heterocycles. The molecule has 0 saturated carbocycles. The third-order valence-corrected chi connectivity index (χ3v) is 3.55. The van der Waals surface area contributed by atoms with Crippen LogP contribution in [0.5, 0.6) is 0 Å². The fraction of sp³-hybridized carbons (Fsp3) is 0.200. The van der Waals surface area contributed by atoms with Gasteiger partial charge in [0.25, 0.3) is 0 Å². The third kappa shape index (κ3) is 1.95. The first-order valence-electron chi connectivity index (χ1n) is 6.24. The van der Waals surface area contributed by atoms with E-state index < -0.39 is 18.1 Å². The molecular formula is C15H16N2O2. The van der Waals surface area contributed by atoms with Gasteiger partial charge in [-0.2, -0.15) is 0 Å². The molecule has 4 N–H and O–H groups in total. The predicted molar refractivity (Wildman–Crippen MR) is 71.9 cm³/mol. The average Bonchev–Trinajstić information content (AvgIpc) is 2.76. The van der Waals surface area contributed by atoms with Crippen LogP contribution in [0, 0.1) is 0 Å². The summed E-state index contributed by atoms with van der Waals surface area (Å²) in [5.74, 6) is 0. The maximum atomic E-state index is 10.4. The van der Waals surface area contributed by atoms with Crippen molar-refractivity contribution in [1.82, 2.24) is 10.6 Å². The molecule has 98 valence electrons. The van der Waals surface area contributed by atoms with Gasteiger partial charge < -0.3 is 10.2 Å². The number of aliphatic hydroxyl groups excluding tert-OH is 2. The molecule has 0 aliphatic carbocycles. The topological polar surface area (TPSA) is 64.5 Å². The highest BCUT2D eigenvalue weighted by Crippen LogP contribution is 2.35. The van der Waals surface area contributed by atoms with E-state index in [1.54, 1.807) is 0 Å². The largest absolute Gasteiger partial charge is 0.376 e. The molecule has 0 radical (unpaired) electrons. The predicted octanol–water partition coefficient (Wildman–Crippen LogP) is 0.717. The van der Waals surface area contributed by atoms with E-state index in [1.807, 2.05) is 60.7 Å². The molecule has 3 rings (SSSR count). The van der Waals surface area contributed by atoms with Crippen molar-refractivity contribution in [2.24, 2.45) is 0 Å². The van der Waals surface area contributed by atoms with Gasteiger partial charge in [0.15, 0.2) is 6.35 Å². The monoisotopic (exact) mass is 256 g/mol. The summed E-state index contributed by atoms with van der Waals surface area (Å²) in [6, 6.07) is 19.2. The van der Waals surface area contributed by atoms with Crippen molar-refractivity contribution in [3.63, 3.8) is 0 Å². The Hall–Kier alpha value is -1.72. The molecule has 1 fully saturated rings. The van der Waals surface area contributed by atoms with Gasteiger partial charge in [0.2, 0.25) is 0 Å². The Labute approximate surface area is 111 Å². The van der Waals surface area contributed by atoms with Crippen molar-refractivity contribution in [3.05, 3.63) is 71.8 Å². The quantitative estimate of drug-likeness (QED) is 0.639. The molecule has 1 aliphatic heterocycles. The lowest BCUT2D eigenvalue weighted by atomic mass is 9.82. The first kappa shape index (κ1) is 12.3. The van der Waals surface area contributed by atoms with Crippen LogP contribution in [0.4, 0.5) is 0 Å². The number of aliphatic hydroxyl groups is 2. The zero-order valence-electron chi connectivity index (χ0n) is 10.3. The van der Waals surface area contributed by atoms with E-state index in [0.29, 0.717) is 0 Å². The van der Waals surface area contributed by atoms with Gasteiger partial charge in [-0.05, 0) is 11.1 Å². The zero-order chi connectivity index (χ0) is 13.3. The van der Waals surface area contributed by atoms with Crippen molar-refractivity contribution < 1.29 is 10.2 Å². The van der Waals surface area contributed by atoms with Crippen LogP contribution in [-0.2, 0) is 5.54 Å². The number of rotatable bonds is 2. The molecule has 1 heterocycles. The summed E-state index contributed by atoms with van der Waals surface area (Å²) in [7, 11) is 0. The average molecular weight is 256 g/mol. The lowest BCUT2D eigenvalue weighted by molar-refractivity contribution is 0.0819. The Balaban J connectivity index is 2.17. The van der Waals surface area contributed by atoms with Crippen LogP contribution in [0.3, 0.4) is 0 Å². The van der Waals surface area contributed by atoms with E-state index in [4.69, 9.17) is 0 Å². The molecule has 2 aromatic carbocycles. The second-order valence-corrected chi connectivity index (χ2v) is 4.66. The summed E-state index contributed by atoms with van der Waals surface area (Å²) < 4.78 is 0. The standard InChI is InChI=1S/C15H16N2O2/c18-13-15(17-14(19)16-13,11-7-3-1-4-8-11)12-9-5-2-6-10-12/h1-10,13-14,16-19H. The van der Waals surface area contributed by atoms with Crippen molar-refractivity contribution in [2.75, 3.05) is 0 Å². The maximum absolute atomic E-state index is 10.4. The molecule has 2 unspecified atom stereocenters. The molecule has 2 atom stereocenters. The molecule has 1 aliphatic rings. The van der Waals surface area contributed by atoms with Crippen LogP contribution in [-0.4, -0.2) is 22.8 Å². The minimum atomic E-state index is -0.949. The minimum absolute atomic E-state index is 0.845. The van der Waals surface area contributed by atoms with Crippen LogP contribution in [0.15, 0.2) is 60.7 Å². The SMILES string of the molecule is OC1NC(O)C(c2ccccc2)(c2ccccc2)N1. The molecular weight excluding hydrogens is 240 g/mol. The van der Waals surface area contributed by atoms with Crippen molar-refractivity contribution >= 4 is 0 Å². The van der Waals surface area contributed by atoms with E-state index in [-0.39, 0.29) is 0 Å². The Bertz CT molecular complexity index is 505. The van der Waals surface area contributed by atoms with Gasteiger partial charge in [0.05, 0.1) is 0 Å². The lowest BCUT2D eigenvalue weighted by Crippen LogP contribution is -2.47. The van der Waals surface area contributed by atoms with Gasteiger partial charge >= 0.3 is 0 Å². The maximum Gasteiger partial charge on any atom is 0.163 e. The van der Waals surface area contributed by atoms with Crippen LogP contribution < -0.4 is 10.6 Å². The third-order valence-electron chi connectivity index (χ3n) is 3.55. The highest BCUT2D eigenvalue weighted by Gasteiger charge is 2.48. The van der Waals surface area contributed by atoms with E-state index >= 15 is 0 Å². The first-order chi connectivity index (χ1) is 9.23. The van der Waals surface area contributed by atoms with Crippen molar-refractivity contribution in [2.45, 2.75) is 18.1 Å². The number of hydrogen-bond acceptors (Lipinski definition) is 4. The normalized spacial score (nSPS) is 25.4. The van der Waals surface area contributed by atoms with E-state index in [0.717, 1.165) is 11.1 Å². The van der Waals surface area contributed by atoms with Gasteiger partial charge in [-0.1, -0.05) is 60.7 Å². The second-order valence-electron chi connectivity index (χ2n) is 4.66. The Morgan fingerprint density at radius 2 is 1.26 bits per heavy atom. The van der Waals surface area contributed by atoms with Gasteiger partial charge in [0.1, 0.15) is 11.8 Å². The van der Waals surface area contributed by atoms with Gasteiger partial charge in [0, 0.05) is 0 Å². The first-order valence-corrected chi connectivity index (χ1v) is 6.24. The Morgan fingerprint density at radius 1 is 0.789 bits per heavy atom. The molecule has 0 spiro atoms. The highest BCUT2D eigenvalue weighted by atomic mass is 16.3. The lowest BCUT2D eigenvalue weighted by Gasteiger charge is -2.33. The van der Waals surface area contributed by atoms with Gasteiger partial charge in [-0.15, -0.1) is 0 Å². The Morgan fingerprint density at radius 3 is 1.63 bits per heavy atom. The molecule has 0 bridgehead atoms. The molecule has 4 heteroatoms. The van der Waals surface area contributed by atoms with Gasteiger partial charge in [-0.25, -0.2) is 0 Å². The summed E-state index contributed by atoms with van der Waals surface area (Å²) in [6.07, 6.45) is -1.86. The summed E-state index contributed by atoms with van der Waals surface area (Å²) in [6.45, 7) is 0. The van der Waals surface area contributed by atoms with Crippen LogP contribution in [0.25, 0.3) is 0 Å². The van der Waals surface area contributed by atoms with E-state index in [2.05, 4.69) is 10.6 Å².